The van der Waals surface area contributed by atoms with Crippen molar-refractivity contribution in [3.8, 4) is 0 Å². The molecule has 2 aliphatic rings. The number of likely N-dealkylation sites (N-methyl/N-ethyl adjacent to an activating group) is 2. The van der Waals surface area contributed by atoms with Crippen LogP contribution in [0.15, 0.2) is 66.7 Å². The number of benzene rings is 2. The number of carbonyl (C=O) groups is 11. The van der Waals surface area contributed by atoms with Crippen LogP contribution in [0.3, 0.4) is 0 Å². The van der Waals surface area contributed by atoms with Gasteiger partial charge in [-0.2, -0.15) is 0 Å². The summed E-state index contributed by atoms with van der Waals surface area (Å²) in [6, 6.07) is 12.2. The Labute approximate surface area is 487 Å². The van der Waals surface area contributed by atoms with Crippen molar-refractivity contribution in [3.63, 3.8) is 0 Å². The van der Waals surface area contributed by atoms with Gasteiger partial charge in [0, 0.05) is 71.2 Å². The fourth-order valence-electron chi connectivity index (χ4n) is 10.4. The smallest absolute Gasteiger partial charge is 0.410 e. The minimum Gasteiger partial charge on any atom is -0.445 e. The van der Waals surface area contributed by atoms with E-state index in [0.29, 0.717) is 61.9 Å². The first-order valence-corrected chi connectivity index (χ1v) is 28.6. The Bertz CT molecular complexity index is 2580. The molecule has 2 aromatic carbocycles. The summed E-state index contributed by atoms with van der Waals surface area (Å²) < 4.78 is 17.4. The molecule has 23 heteroatoms. The topological polar surface area (TPSA) is 289 Å². The maximum atomic E-state index is 14.2. The number of hydrogen-bond donors (Lipinski definition) is 5. The lowest BCUT2D eigenvalue weighted by atomic mass is 9.90. The second-order valence-electron chi connectivity index (χ2n) is 21.9. The monoisotopic (exact) mass is 1160 g/mol. The van der Waals surface area contributed by atoms with Crippen LogP contribution in [-0.2, 0) is 64.0 Å². The van der Waals surface area contributed by atoms with Gasteiger partial charge in [-0.05, 0) is 61.1 Å². The molecule has 2 aromatic rings. The Balaban J connectivity index is 1.24. The zero-order valence-corrected chi connectivity index (χ0v) is 50.0. The van der Waals surface area contributed by atoms with Gasteiger partial charge < -0.3 is 50.6 Å². The summed E-state index contributed by atoms with van der Waals surface area (Å²) in [4.78, 5) is 149. The van der Waals surface area contributed by atoms with Crippen LogP contribution in [0.25, 0.3) is 0 Å². The first-order valence-electron chi connectivity index (χ1n) is 28.6. The van der Waals surface area contributed by atoms with Crippen molar-refractivity contribution in [1.29, 1.82) is 0 Å². The van der Waals surface area contributed by atoms with Crippen molar-refractivity contribution in [2.45, 2.75) is 143 Å². The standard InChI is InChI=1S/C60H87N9O14/c1-12-39(6)55(46(81-10)32-51(75)68-31-19-22-44(68)56(82-11)40(7)57(77)61-33-45(70)42-20-15-13-16-21-42)66(8)52(76)35-63-59(79)54(38(4)5)67(9)60(80)83-36-41-24-26-43(27-25-41)64-48(72)34-62-58(78)53(37(2)3)65-47(71)23-17-14-18-30-69-49(73)28-29-50(69)74/h13,15-16,20-21,24-29,37-40,44,46,53-56H,12,14,17-19,22-23,30-36H2,1-11H3,(H,61,77)(H,62,78)(H,63,79)(H,64,72)(H,65,71)/t39-,40+,44-,46+,53?,54?,55?,56+/m0/s1. The summed E-state index contributed by atoms with van der Waals surface area (Å²) in [5, 5.41) is 13.4. The van der Waals surface area contributed by atoms with Crippen LogP contribution >= 0.6 is 0 Å². The van der Waals surface area contributed by atoms with Crippen LogP contribution in [0.2, 0.25) is 0 Å². The summed E-state index contributed by atoms with van der Waals surface area (Å²) in [6.07, 6.45) is 3.83. The van der Waals surface area contributed by atoms with E-state index in [4.69, 9.17) is 14.2 Å². The molecule has 1 saturated heterocycles. The second kappa shape index (κ2) is 33.5. The van der Waals surface area contributed by atoms with Gasteiger partial charge in [0.15, 0.2) is 5.78 Å². The van der Waals surface area contributed by atoms with E-state index in [-0.39, 0.29) is 86.2 Å². The summed E-state index contributed by atoms with van der Waals surface area (Å²) in [7, 11) is 6.00. The molecule has 83 heavy (non-hydrogen) atoms. The van der Waals surface area contributed by atoms with Crippen LogP contribution in [0, 0.1) is 23.7 Å². The maximum Gasteiger partial charge on any atom is 0.410 e. The van der Waals surface area contributed by atoms with Crippen LogP contribution < -0.4 is 26.6 Å². The van der Waals surface area contributed by atoms with Gasteiger partial charge in [-0.1, -0.05) is 104 Å². The average Bonchev–Trinajstić information content (AvgIpc) is 4.13. The van der Waals surface area contributed by atoms with Gasteiger partial charge in [-0.25, -0.2) is 4.79 Å². The van der Waals surface area contributed by atoms with Crippen molar-refractivity contribution < 1.29 is 67.0 Å². The van der Waals surface area contributed by atoms with Crippen molar-refractivity contribution >= 4 is 70.7 Å². The summed E-state index contributed by atoms with van der Waals surface area (Å²) in [5.74, 6) is -5.51. The molecule has 0 spiro atoms. The Hall–Kier alpha value is -7.53. The molecule has 0 bridgehead atoms. The number of rotatable bonds is 33. The predicted molar refractivity (Wildman–Crippen MR) is 309 cm³/mol. The number of ether oxygens (including phenoxy) is 3. The molecule has 0 aliphatic carbocycles. The van der Waals surface area contributed by atoms with Crippen LogP contribution in [0.1, 0.15) is 116 Å². The Morgan fingerprint density at radius 2 is 1.35 bits per heavy atom. The van der Waals surface area contributed by atoms with E-state index >= 15 is 0 Å². The third kappa shape index (κ3) is 20.1. The van der Waals surface area contributed by atoms with Crippen molar-refractivity contribution in [1.82, 2.24) is 40.9 Å². The van der Waals surface area contributed by atoms with Crippen LogP contribution in [0.4, 0.5) is 10.5 Å². The summed E-state index contributed by atoms with van der Waals surface area (Å²) in [6.45, 7) is 12.2. The fraction of sp³-hybridized carbons (Fsp3) is 0.583. The number of anilines is 1. The van der Waals surface area contributed by atoms with E-state index in [9.17, 15) is 52.7 Å². The normalized spacial score (nSPS) is 16.5. The lowest BCUT2D eigenvalue weighted by Crippen LogP contribution is -2.55. The Morgan fingerprint density at radius 3 is 1.95 bits per heavy atom. The highest BCUT2D eigenvalue weighted by Crippen LogP contribution is 2.29. The third-order valence-corrected chi connectivity index (χ3v) is 15.3. The number of carbonyl (C=O) groups excluding carboxylic acids is 11. The number of likely N-dealkylation sites (tertiary alicyclic amines) is 1. The fourth-order valence-corrected chi connectivity index (χ4v) is 10.4. The third-order valence-electron chi connectivity index (χ3n) is 15.3. The van der Waals surface area contributed by atoms with Gasteiger partial charge in [0.2, 0.25) is 41.4 Å². The number of nitrogens with zero attached hydrogens (tertiary/aromatic N) is 4. The van der Waals surface area contributed by atoms with Crippen LogP contribution in [0.5, 0.6) is 0 Å². The number of ketones is 1. The molecule has 3 unspecified atom stereocenters. The molecule has 2 heterocycles. The number of hydrogen-bond acceptors (Lipinski definition) is 14. The molecule has 10 amide bonds. The Kier molecular flexibility index (Phi) is 27.5. The summed E-state index contributed by atoms with van der Waals surface area (Å²) in [5.41, 5.74) is 1.45. The molecule has 2 aliphatic heterocycles. The number of Topliss-reactive ketones (excluding diaryl/α,β-unsaturated/α-hetero) is 1. The quantitative estimate of drug-likeness (QED) is 0.0384. The number of imide groups is 1. The van der Waals surface area contributed by atoms with Crippen molar-refractivity contribution in [2.75, 3.05) is 66.4 Å². The average molecular weight is 1160 g/mol. The highest BCUT2D eigenvalue weighted by Gasteiger charge is 2.42. The van der Waals surface area contributed by atoms with E-state index in [1.165, 1.54) is 38.3 Å². The van der Waals surface area contributed by atoms with Gasteiger partial charge in [0.05, 0.1) is 56.3 Å². The molecule has 8 atom stereocenters. The minimum absolute atomic E-state index is 0.0800. The first kappa shape index (κ1) is 68.0. The van der Waals surface area contributed by atoms with Gasteiger partial charge in [0.1, 0.15) is 18.7 Å². The molecule has 0 saturated carbocycles. The van der Waals surface area contributed by atoms with Gasteiger partial charge in [-0.15, -0.1) is 0 Å². The van der Waals surface area contributed by atoms with E-state index in [2.05, 4.69) is 26.6 Å². The molecule has 23 nitrogen and oxygen atoms in total. The van der Waals surface area contributed by atoms with E-state index in [1.54, 1.807) is 101 Å². The molecular weight excluding hydrogens is 1070 g/mol. The lowest BCUT2D eigenvalue weighted by Gasteiger charge is -2.39. The molecule has 1 fully saturated rings. The summed E-state index contributed by atoms with van der Waals surface area (Å²) >= 11 is 0. The van der Waals surface area contributed by atoms with E-state index < -0.39 is 84.5 Å². The molecule has 0 radical (unpaired) electrons. The van der Waals surface area contributed by atoms with E-state index in [0.717, 1.165) is 9.80 Å². The van der Waals surface area contributed by atoms with Crippen molar-refractivity contribution in [2.24, 2.45) is 23.7 Å². The molecular formula is C60H87N9O14. The highest BCUT2D eigenvalue weighted by atomic mass is 16.6. The number of methoxy groups -OCH3 is 2. The van der Waals surface area contributed by atoms with Crippen molar-refractivity contribution in [3.05, 3.63) is 77.9 Å². The van der Waals surface area contributed by atoms with Gasteiger partial charge in [-0.3, -0.25) is 57.7 Å². The Morgan fingerprint density at radius 1 is 0.711 bits per heavy atom. The lowest BCUT2D eigenvalue weighted by molar-refractivity contribution is -0.145. The maximum absolute atomic E-state index is 14.2. The minimum atomic E-state index is -1.03. The number of amides is 10. The molecule has 4 rings (SSSR count). The zero-order chi connectivity index (χ0) is 61.5. The number of nitrogens with one attached hydrogen (secondary N) is 5. The van der Waals surface area contributed by atoms with Gasteiger partial charge in [0.25, 0.3) is 11.8 Å². The van der Waals surface area contributed by atoms with E-state index in [1.807, 2.05) is 13.8 Å². The number of unbranched alkanes of at least 4 members (excludes halogenated alkanes) is 2. The first-order chi connectivity index (χ1) is 39.4. The second-order valence-corrected chi connectivity index (χ2v) is 21.9. The molecule has 5 N–H and O–H groups in total. The largest absolute Gasteiger partial charge is 0.445 e. The molecule has 0 aromatic heterocycles. The highest BCUT2D eigenvalue weighted by molar-refractivity contribution is 6.12. The predicted octanol–water partition coefficient (Wildman–Crippen LogP) is 4.00. The molecule has 456 valence electrons. The zero-order valence-electron chi connectivity index (χ0n) is 50.0. The SMILES string of the molecule is CC[C@H](C)C([C@@H](CC(=O)N1CCC[C@H]1[C@H](OC)[C@@H](C)C(=O)NCC(=O)c1ccccc1)OC)N(C)C(=O)CNC(=O)C(C(C)C)N(C)C(=O)OCc1ccc(NC(=O)CNC(=O)C(NC(=O)CCCCCN2C(=O)C=CC2=O)C(C)C)cc1. The van der Waals surface area contributed by atoms with Gasteiger partial charge >= 0.3 is 6.09 Å². The van der Waals surface area contributed by atoms with Crippen LogP contribution in [-0.4, -0.2) is 182 Å².